The van der Waals surface area contributed by atoms with Crippen LogP contribution in [0.4, 0.5) is 0 Å². The molecule has 0 fully saturated rings. The van der Waals surface area contributed by atoms with Crippen LogP contribution in [0.2, 0.25) is 0 Å². The van der Waals surface area contributed by atoms with E-state index in [1.165, 1.54) is 44.9 Å². The zero-order valence-electron chi connectivity index (χ0n) is 12.4. The van der Waals surface area contributed by atoms with Crippen LogP contribution in [0, 0.1) is 0 Å². The van der Waals surface area contributed by atoms with Crippen molar-refractivity contribution in [2.75, 3.05) is 19.8 Å². The normalized spacial score (nSPS) is 14.5. The summed E-state index contributed by atoms with van der Waals surface area (Å²) in [5, 5.41) is 27.0. The second kappa shape index (κ2) is 14.3. The number of rotatable bonds is 14. The lowest BCUT2D eigenvalue weighted by atomic mass is 10.1. The van der Waals surface area contributed by atoms with Gasteiger partial charge in [0.2, 0.25) is 0 Å². The van der Waals surface area contributed by atoms with Crippen LogP contribution in [-0.4, -0.2) is 47.3 Å². The lowest BCUT2D eigenvalue weighted by molar-refractivity contribution is -0.0491. The van der Waals surface area contributed by atoms with E-state index in [0.717, 1.165) is 12.8 Å². The Morgan fingerprint density at radius 3 is 1.95 bits per heavy atom. The first-order valence-corrected chi connectivity index (χ1v) is 7.76. The molecule has 116 valence electrons. The number of unbranched alkanes of at least 4 members (excludes halogenated alkanes) is 7. The van der Waals surface area contributed by atoms with Crippen molar-refractivity contribution in [3.8, 4) is 0 Å². The molecule has 0 aromatic rings. The summed E-state index contributed by atoms with van der Waals surface area (Å²) in [7, 11) is 0. The van der Waals surface area contributed by atoms with Gasteiger partial charge >= 0.3 is 0 Å². The highest BCUT2D eigenvalue weighted by molar-refractivity contribution is 4.59. The molecule has 0 aliphatic heterocycles. The molecule has 0 aromatic carbocycles. The Hall–Kier alpha value is -0.160. The van der Waals surface area contributed by atoms with Crippen molar-refractivity contribution in [1.82, 2.24) is 0 Å². The fraction of sp³-hybridized carbons (Fsp3) is 1.00. The van der Waals surface area contributed by atoms with Crippen molar-refractivity contribution >= 4 is 0 Å². The number of hydrogen-bond donors (Lipinski definition) is 3. The van der Waals surface area contributed by atoms with Crippen LogP contribution in [0.1, 0.15) is 64.7 Å². The first kappa shape index (κ1) is 18.8. The fourth-order valence-corrected chi connectivity index (χ4v) is 2.03. The quantitative estimate of drug-likeness (QED) is 0.426. The first-order chi connectivity index (χ1) is 9.24. The molecular formula is C15H32O4. The standard InChI is InChI=1S/C15H32O4/c1-2-3-4-5-6-7-8-9-10-15(12-17)19-13-14(18)11-16/h14-18H,2-13H2,1H3. The molecule has 0 bridgehead atoms. The highest BCUT2D eigenvalue weighted by atomic mass is 16.5. The van der Waals surface area contributed by atoms with Gasteiger partial charge in [-0.2, -0.15) is 0 Å². The third kappa shape index (κ3) is 12.6. The molecule has 0 radical (unpaired) electrons. The van der Waals surface area contributed by atoms with Crippen LogP contribution in [0.25, 0.3) is 0 Å². The zero-order chi connectivity index (χ0) is 14.3. The van der Waals surface area contributed by atoms with Gasteiger partial charge in [0.25, 0.3) is 0 Å². The van der Waals surface area contributed by atoms with Gasteiger partial charge in [0.15, 0.2) is 0 Å². The fourth-order valence-electron chi connectivity index (χ4n) is 2.03. The largest absolute Gasteiger partial charge is 0.394 e. The minimum atomic E-state index is -0.840. The van der Waals surface area contributed by atoms with Crippen molar-refractivity contribution in [3.63, 3.8) is 0 Å². The number of aliphatic hydroxyl groups excluding tert-OH is 3. The van der Waals surface area contributed by atoms with Crippen LogP contribution in [-0.2, 0) is 4.74 Å². The molecule has 4 heteroatoms. The van der Waals surface area contributed by atoms with Gasteiger partial charge in [0.1, 0.15) is 6.10 Å². The van der Waals surface area contributed by atoms with Crippen LogP contribution in [0.15, 0.2) is 0 Å². The van der Waals surface area contributed by atoms with E-state index in [9.17, 15) is 0 Å². The minimum absolute atomic E-state index is 0.0192. The predicted molar refractivity (Wildman–Crippen MR) is 77.1 cm³/mol. The van der Waals surface area contributed by atoms with Gasteiger partial charge in [-0.05, 0) is 6.42 Å². The molecule has 0 aliphatic rings. The van der Waals surface area contributed by atoms with Crippen LogP contribution < -0.4 is 0 Å². The Kier molecular flexibility index (Phi) is 14.1. The Labute approximate surface area is 117 Å². The molecular weight excluding hydrogens is 244 g/mol. The van der Waals surface area contributed by atoms with Gasteiger partial charge in [-0.15, -0.1) is 0 Å². The highest BCUT2D eigenvalue weighted by Crippen LogP contribution is 2.11. The monoisotopic (exact) mass is 276 g/mol. The summed E-state index contributed by atoms with van der Waals surface area (Å²) in [4.78, 5) is 0. The van der Waals surface area contributed by atoms with Crippen molar-refractivity contribution in [3.05, 3.63) is 0 Å². The molecule has 0 aromatic heterocycles. The van der Waals surface area contributed by atoms with Crippen molar-refractivity contribution < 1.29 is 20.1 Å². The summed E-state index contributed by atoms with van der Waals surface area (Å²) in [5.41, 5.74) is 0. The van der Waals surface area contributed by atoms with Crippen LogP contribution in [0.3, 0.4) is 0 Å². The Bertz CT molecular complexity index is 176. The van der Waals surface area contributed by atoms with E-state index in [0.29, 0.717) is 0 Å². The molecule has 3 N–H and O–H groups in total. The van der Waals surface area contributed by atoms with E-state index in [1.807, 2.05) is 0 Å². The van der Waals surface area contributed by atoms with Crippen molar-refractivity contribution in [2.24, 2.45) is 0 Å². The van der Waals surface area contributed by atoms with Crippen molar-refractivity contribution in [1.29, 1.82) is 0 Å². The maximum atomic E-state index is 9.16. The van der Waals surface area contributed by atoms with Crippen LogP contribution >= 0.6 is 0 Å². The van der Waals surface area contributed by atoms with E-state index < -0.39 is 6.10 Å². The smallest absolute Gasteiger partial charge is 0.100 e. The van der Waals surface area contributed by atoms with Gasteiger partial charge in [-0.3, -0.25) is 0 Å². The summed E-state index contributed by atoms with van der Waals surface area (Å²) < 4.78 is 5.34. The van der Waals surface area contributed by atoms with Gasteiger partial charge in [0, 0.05) is 0 Å². The van der Waals surface area contributed by atoms with E-state index in [2.05, 4.69) is 6.92 Å². The van der Waals surface area contributed by atoms with E-state index in [1.54, 1.807) is 0 Å². The molecule has 0 saturated heterocycles. The summed E-state index contributed by atoms with van der Waals surface area (Å²) in [6.07, 6.45) is 9.85. The Morgan fingerprint density at radius 1 is 0.842 bits per heavy atom. The van der Waals surface area contributed by atoms with E-state index >= 15 is 0 Å². The Morgan fingerprint density at radius 2 is 1.42 bits per heavy atom. The maximum Gasteiger partial charge on any atom is 0.100 e. The van der Waals surface area contributed by atoms with Gasteiger partial charge in [0.05, 0.1) is 25.9 Å². The average molecular weight is 276 g/mol. The van der Waals surface area contributed by atoms with E-state index in [-0.39, 0.29) is 25.9 Å². The van der Waals surface area contributed by atoms with E-state index in [4.69, 9.17) is 20.1 Å². The molecule has 2 unspecified atom stereocenters. The molecule has 0 aliphatic carbocycles. The molecule has 19 heavy (non-hydrogen) atoms. The maximum absolute atomic E-state index is 9.16. The lowest BCUT2D eigenvalue weighted by Gasteiger charge is -2.17. The molecule has 4 nitrogen and oxygen atoms in total. The highest BCUT2D eigenvalue weighted by Gasteiger charge is 2.10. The second-order valence-corrected chi connectivity index (χ2v) is 5.24. The molecule has 0 saturated carbocycles. The third-order valence-corrected chi connectivity index (χ3v) is 3.32. The summed E-state index contributed by atoms with van der Waals surface area (Å²) in [6.45, 7) is 2.01. The second-order valence-electron chi connectivity index (χ2n) is 5.24. The lowest BCUT2D eigenvalue weighted by Crippen LogP contribution is -2.26. The average Bonchev–Trinajstić information content (AvgIpc) is 2.44. The molecule has 2 atom stereocenters. The molecule has 0 heterocycles. The van der Waals surface area contributed by atoms with Crippen molar-refractivity contribution in [2.45, 2.75) is 76.9 Å². The summed E-state index contributed by atoms with van der Waals surface area (Å²) in [6, 6.07) is 0. The zero-order valence-corrected chi connectivity index (χ0v) is 12.4. The van der Waals surface area contributed by atoms with Gasteiger partial charge in [-0.1, -0.05) is 58.3 Å². The first-order valence-electron chi connectivity index (χ1n) is 7.76. The summed E-state index contributed by atoms with van der Waals surface area (Å²) >= 11 is 0. The number of aliphatic hydroxyl groups is 3. The topological polar surface area (TPSA) is 69.9 Å². The number of hydrogen-bond acceptors (Lipinski definition) is 4. The number of ether oxygens (including phenoxy) is 1. The summed E-state index contributed by atoms with van der Waals surface area (Å²) in [5.74, 6) is 0. The molecule has 0 amide bonds. The van der Waals surface area contributed by atoms with Gasteiger partial charge in [-0.25, -0.2) is 0 Å². The predicted octanol–water partition coefficient (Wildman–Crippen LogP) is 2.25. The van der Waals surface area contributed by atoms with Gasteiger partial charge < -0.3 is 20.1 Å². The third-order valence-electron chi connectivity index (χ3n) is 3.32. The SMILES string of the molecule is CCCCCCCCCCC(CO)OCC(O)CO. The molecule has 0 spiro atoms. The van der Waals surface area contributed by atoms with Crippen LogP contribution in [0.5, 0.6) is 0 Å². The molecule has 0 rings (SSSR count). The Balaban J connectivity index is 3.36. The minimum Gasteiger partial charge on any atom is -0.394 e.